The zero-order valence-electron chi connectivity index (χ0n) is 13.2. The Kier molecular flexibility index (Phi) is 4.94. The molecular weight excluding hydrogens is 282 g/mol. The molecule has 0 radical (unpaired) electrons. The molecule has 1 aliphatic carbocycles. The number of ether oxygens (including phenoxy) is 1. The predicted molar refractivity (Wildman–Crippen MR) is 84.7 cm³/mol. The fraction of sp³-hybridized carbons (Fsp3) is 0.733. The van der Waals surface area contributed by atoms with Crippen molar-refractivity contribution in [3.8, 4) is 5.88 Å². The lowest BCUT2D eigenvalue weighted by atomic mass is 9.94. The van der Waals surface area contributed by atoms with Crippen molar-refractivity contribution in [2.75, 3.05) is 43.7 Å². The fourth-order valence-electron chi connectivity index (χ4n) is 3.60. The van der Waals surface area contributed by atoms with Crippen molar-refractivity contribution in [2.24, 2.45) is 0 Å². The van der Waals surface area contributed by atoms with Gasteiger partial charge in [-0.1, -0.05) is 19.3 Å². The van der Waals surface area contributed by atoms with E-state index in [1.165, 1.54) is 45.5 Å². The zero-order valence-corrected chi connectivity index (χ0v) is 13.2. The lowest BCUT2D eigenvalue weighted by molar-refractivity contribution is 0.147. The Bertz CT molecular complexity index is 485. The summed E-state index contributed by atoms with van der Waals surface area (Å²) in [6.45, 7) is 3.90. The van der Waals surface area contributed by atoms with Crippen molar-refractivity contribution in [1.82, 2.24) is 14.9 Å². The number of nitrogens with zero attached hydrogens (tertiary/aromatic N) is 4. The molecule has 0 atom stereocenters. The quantitative estimate of drug-likeness (QED) is 0.821. The van der Waals surface area contributed by atoms with E-state index in [9.17, 15) is 5.21 Å². The molecule has 1 aromatic rings. The molecule has 1 saturated carbocycles. The molecule has 2 fully saturated rings. The molecular formula is C15H25N5O2. The first kappa shape index (κ1) is 15.3. The van der Waals surface area contributed by atoms with Crippen molar-refractivity contribution in [1.29, 1.82) is 0 Å². The van der Waals surface area contributed by atoms with Crippen LogP contribution >= 0.6 is 0 Å². The highest BCUT2D eigenvalue weighted by atomic mass is 16.5. The molecule has 1 saturated heterocycles. The van der Waals surface area contributed by atoms with E-state index >= 15 is 0 Å². The molecule has 7 nitrogen and oxygen atoms in total. The van der Waals surface area contributed by atoms with Crippen molar-refractivity contribution < 1.29 is 9.94 Å². The van der Waals surface area contributed by atoms with E-state index in [1.54, 1.807) is 0 Å². The minimum absolute atomic E-state index is 0.363. The summed E-state index contributed by atoms with van der Waals surface area (Å²) in [4.78, 5) is 13.1. The highest BCUT2D eigenvalue weighted by molar-refractivity contribution is 5.69. The maximum atomic E-state index is 9.37. The van der Waals surface area contributed by atoms with Crippen LogP contribution in [0.3, 0.4) is 0 Å². The summed E-state index contributed by atoms with van der Waals surface area (Å²) in [6, 6.07) is 0.756. The molecule has 0 spiro atoms. The lowest BCUT2D eigenvalue weighted by Crippen LogP contribution is -2.51. The Morgan fingerprint density at radius 1 is 1.14 bits per heavy atom. The van der Waals surface area contributed by atoms with Gasteiger partial charge in [0.15, 0.2) is 11.5 Å². The number of nitrogens with one attached hydrogen (secondary N) is 1. The first-order valence-electron chi connectivity index (χ1n) is 8.11. The number of hydrogen-bond acceptors (Lipinski definition) is 7. The second kappa shape index (κ2) is 7.11. The number of aromatic nitrogens is 2. The summed E-state index contributed by atoms with van der Waals surface area (Å²) >= 11 is 0. The third kappa shape index (κ3) is 3.10. The fourth-order valence-corrected chi connectivity index (χ4v) is 3.60. The zero-order chi connectivity index (χ0) is 15.4. The maximum Gasteiger partial charge on any atom is 0.244 e. The minimum atomic E-state index is 0.363. The van der Waals surface area contributed by atoms with Crippen molar-refractivity contribution >= 4 is 11.5 Å². The van der Waals surface area contributed by atoms with Gasteiger partial charge < -0.3 is 9.64 Å². The number of methoxy groups -OCH3 is 1. The third-order valence-electron chi connectivity index (χ3n) is 4.80. The summed E-state index contributed by atoms with van der Waals surface area (Å²) < 4.78 is 5.17. The normalized spacial score (nSPS) is 20.9. The summed E-state index contributed by atoms with van der Waals surface area (Å²) in [5, 5.41) is 9.37. The average molecular weight is 307 g/mol. The molecule has 22 heavy (non-hydrogen) atoms. The van der Waals surface area contributed by atoms with Crippen LogP contribution in [0.1, 0.15) is 32.1 Å². The summed E-state index contributed by atoms with van der Waals surface area (Å²) in [5.41, 5.74) is 2.62. The third-order valence-corrected chi connectivity index (χ3v) is 4.80. The van der Waals surface area contributed by atoms with E-state index in [-0.39, 0.29) is 0 Å². The van der Waals surface area contributed by atoms with Gasteiger partial charge in [0.1, 0.15) is 6.33 Å². The SMILES string of the molecule is COc1ncnc(N2CCN(C3CCCCC3)CC2)c1NO. The highest BCUT2D eigenvalue weighted by Gasteiger charge is 2.27. The van der Waals surface area contributed by atoms with Gasteiger partial charge in [-0.15, -0.1) is 0 Å². The molecule has 2 N–H and O–H groups in total. The molecule has 0 bridgehead atoms. The predicted octanol–water partition coefficient (Wildman–Crippen LogP) is 1.74. The van der Waals surface area contributed by atoms with Gasteiger partial charge in [-0.25, -0.2) is 4.98 Å². The Labute approximate surface area is 131 Å². The van der Waals surface area contributed by atoms with E-state index in [2.05, 4.69) is 25.2 Å². The molecule has 2 heterocycles. The molecule has 2 aliphatic rings. The van der Waals surface area contributed by atoms with E-state index in [0.29, 0.717) is 17.4 Å². The van der Waals surface area contributed by atoms with Crippen LogP contribution in [-0.2, 0) is 0 Å². The molecule has 0 amide bonds. The van der Waals surface area contributed by atoms with Gasteiger partial charge in [0.05, 0.1) is 7.11 Å². The van der Waals surface area contributed by atoms with Gasteiger partial charge in [-0.2, -0.15) is 4.98 Å². The van der Waals surface area contributed by atoms with Crippen LogP contribution in [-0.4, -0.2) is 59.4 Å². The van der Waals surface area contributed by atoms with Gasteiger partial charge in [-0.3, -0.25) is 15.6 Å². The molecule has 0 unspecified atom stereocenters. The van der Waals surface area contributed by atoms with Gasteiger partial charge in [-0.05, 0) is 12.8 Å². The van der Waals surface area contributed by atoms with Crippen LogP contribution in [0.4, 0.5) is 11.5 Å². The van der Waals surface area contributed by atoms with Gasteiger partial charge in [0.2, 0.25) is 5.88 Å². The Balaban J connectivity index is 1.66. The smallest absolute Gasteiger partial charge is 0.244 e. The average Bonchev–Trinajstić information content (AvgIpc) is 2.62. The summed E-state index contributed by atoms with van der Waals surface area (Å²) in [6.07, 6.45) is 8.28. The lowest BCUT2D eigenvalue weighted by Gasteiger charge is -2.41. The largest absolute Gasteiger partial charge is 0.479 e. The van der Waals surface area contributed by atoms with E-state index in [1.807, 2.05) is 0 Å². The minimum Gasteiger partial charge on any atom is -0.479 e. The van der Waals surface area contributed by atoms with Crippen molar-refractivity contribution in [3.05, 3.63) is 6.33 Å². The summed E-state index contributed by atoms with van der Waals surface area (Å²) in [5.74, 6) is 1.07. The first-order chi connectivity index (χ1) is 10.8. The Hall–Kier alpha value is -1.60. The standard InChI is InChI=1S/C15H25N5O2/c1-22-15-13(18-21)14(16-11-17-15)20-9-7-19(8-10-20)12-5-3-2-4-6-12/h11-12,18,21H,2-10H2,1H3. The molecule has 7 heteroatoms. The van der Waals surface area contributed by atoms with E-state index in [4.69, 9.17) is 4.74 Å². The monoisotopic (exact) mass is 307 g/mol. The summed E-state index contributed by atoms with van der Waals surface area (Å²) in [7, 11) is 1.54. The van der Waals surface area contributed by atoms with Crippen LogP contribution in [0.5, 0.6) is 5.88 Å². The molecule has 1 aliphatic heterocycles. The van der Waals surface area contributed by atoms with Crippen LogP contribution in [0.2, 0.25) is 0 Å². The van der Waals surface area contributed by atoms with Crippen LogP contribution in [0.15, 0.2) is 6.33 Å². The molecule has 3 rings (SSSR count). The number of anilines is 2. The number of hydrogen-bond donors (Lipinski definition) is 2. The number of piperazine rings is 1. The second-order valence-corrected chi connectivity index (χ2v) is 6.01. The topological polar surface area (TPSA) is 73.8 Å². The molecule has 1 aromatic heterocycles. The van der Waals surface area contributed by atoms with Crippen LogP contribution in [0.25, 0.3) is 0 Å². The second-order valence-electron chi connectivity index (χ2n) is 6.01. The van der Waals surface area contributed by atoms with E-state index in [0.717, 1.165) is 32.2 Å². The molecule has 0 aromatic carbocycles. The van der Waals surface area contributed by atoms with Crippen molar-refractivity contribution in [3.63, 3.8) is 0 Å². The van der Waals surface area contributed by atoms with Gasteiger partial charge in [0, 0.05) is 32.2 Å². The van der Waals surface area contributed by atoms with Gasteiger partial charge >= 0.3 is 0 Å². The number of rotatable bonds is 4. The van der Waals surface area contributed by atoms with Crippen LogP contribution < -0.4 is 15.1 Å². The molecule has 122 valence electrons. The van der Waals surface area contributed by atoms with Gasteiger partial charge in [0.25, 0.3) is 0 Å². The first-order valence-corrected chi connectivity index (χ1v) is 8.11. The maximum absolute atomic E-state index is 9.37. The van der Waals surface area contributed by atoms with Crippen LogP contribution in [0, 0.1) is 0 Å². The Morgan fingerprint density at radius 3 is 2.50 bits per heavy atom. The highest BCUT2D eigenvalue weighted by Crippen LogP contribution is 2.31. The van der Waals surface area contributed by atoms with E-state index < -0.39 is 0 Å². The Morgan fingerprint density at radius 2 is 1.86 bits per heavy atom. The van der Waals surface area contributed by atoms with Crippen molar-refractivity contribution in [2.45, 2.75) is 38.1 Å².